The van der Waals surface area contributed by atoms with Gasteiger partial charge in [-0.15, -0.1) is 23.7 Å². The highest BCUT2D eigenvalue weighted by Gasteiger charge is 2.26. The van der Waals surface area contributed by atoms with E-state index in [1.54, 1.807) is 29.5 Å². The maximum atomic E-state index is 12.2. The number of hydrogen-bond acceptors (Lipinski definition) is 6. The van der Waals surface area contributed by atoms with Crippen LogP contribution in [0.2, 0.25) is 0 Å². The number of methoxy groups -OCH3 is 1. The summed E-state index contributed by atoms with van der Waals surface area (Å²) in [6.07, 6.45) is 1.27. The molecule has 1 amide bonds. The van der Waals surface area contributed by atoms with E-state index in [1.807, 2.05) is 0 Å². The zero-order chi connectivity index (χ0) is 16.7. The van der Waals surface area contributed by atoms with Gasteiger partial charge in [0.05, 0.1) is 13.2 Å². The number of halogens is 1. The first-order valence-electron chi connectivity index (χ1n) is 7.56. The number of rotatable bonds is 8. The van der Waals surface area contributed by atoms with Gasteiger partial charge in [-0.25, -0.2) is 13.1 Å². The Morgan fingerprint density at radius 3 is 2.71 bits per heavy atom. The van der Waals surface area contributed by atoms with E-state index >= 15 is 0 Å². The molecule has 1 aromatic rings. The molecule has 10 heteroatoms. The van der Waals surface area contributed by atoms with Crippen LogP contribution in [-0.2, 0) is 19.6 Å². The highest BCUT2D eigenvalue weighted by atomic mass is 35.5. The number of thiophene rings is 1. The van der Waals surface area contributed by atoms with Gasteiger partial charge in [-0.05, 0) is 24.3 Å². The number of amides is 1. The van der Waals surface area contributed by atoms with E-state index in [0.717, 1.165) is 0 Å². The Morgan fingerprint density at radius 1 is 1.42 bits per heavy atom. The van der Waals surface area contributed by atoms with E-state index < -0.39 is 10.0 Å². The Labute approximate surface area is 153 Å². The molecule has 2 heterocycles. The number of sulfonamides is 1. The number of carbonyl (C=O) groups is 1. The van der Waals surface area contributed by atoms with Crippen LogP contribution in [0.3, 0.4) is 0 Å². The molecule has 1 aromatic heterocycles. The fourth-order valence-electron chi connectivity index (χ4n) is 2.42. The number of nitrogens with zero attached hydrogens (tertiary/aromatic N) is 1. The van der Waals surface area contributed by atoms with Crippen LogP contribution in [0.1, 0.15) is 12.8 Å². The minimum Gasteiger partial charge on any atom is -0.383 e. The predicted molar refractivity (Wildman–Crippen MR) is 96.2 cm³/mol. The van der Waals surface area contributed by atoms with Gasteiger partial charge in [0, 0.05) is 32.8 Å². The van der Waals surface area contributed by atoms with Crippen LogP contribution in [0.5, 0.6) is 0 Å². The predicted octanol–water partition coefficient (Wildman–Crippen LogP) is 0.675. The molecule has 0 bridgehead atoms. The van der Waals surface area contributed by atoms with Crippen LogP contribution in [0.4, 0.5) is 0 Å². The van der Waals surface area contributed by atoms with Crippen LogP contribution in [-0.4, -0.2) is 65.2 Å². The molecular formula is C14H24ClN3O4S2. The molecule has 1 fully saturated rings. The van der Waals surface area contributed by atoms with Gasteiger partial charge in [-0.3, -0.25) is 4.79 Å². The van der Waals surface area contributed by atoms with Crippen molar-refractivity contribution in [3.05, 3.63) is 17.5 Å². The van der Waals surface area contributed by atoms with Crippen LogP contribution in [0.25, 0.3) is 0 Å². The summed E-state index contributed by atoms with van der Waals surface area (Å²) < 4.78 is 32.3. The zero-order valence-electron chi connectivity index (χ0n) is 13.6. The Kier molecular flexibility index (Phi) is 9.17. The van der Waals surface area contributed by atoms with Crippen molar-refractivity contribution in [1.82, 2.24) is 14.9 Å². The Bertz CT molecular complexity index is 587. The van der Waals surface area contributed by atoms with Crippen molar-refractivity contribution in [3.8, 4) is 0 Å². The highest BCUT2D eigenvalue weighted by Crippen LogP contribution is 2.18. The van der Waals surface area contributed by atoms with E-state index in [1.165, 1.54) is 11.3 Å². The average Bonchev–Trinajstić information content (AvgIpc) is 3.07. The molecule has 2 N–H and O–H groups in total. The molecular weight excluding hydrogens is 374 g/mol. The molecule has 0 unspecified atom stereocenters. The third-order valence-electron chi connectivity index (χ3n) is 3.69. The number of ether oxygens (including phenoxy) is 1. The molecule has 1 aliphatic heterocycles. The number of likely N-dealkylation sites (tertiary alicyclic amines) is 1. The summed E-state index contributed by atoms with van der Waals surface area (Å²) in [6.45, 7) is 2.64. The van der Waals surface area contributed by atoms with E-state index in [2.05, 4.69) is 10.0 Å². The first-order valence-corrected chi connectivity index (χ1v) is 9.92. The topological polar surface area (TPSA) is 87.7 Å². The lowest BCUT2D eigenvalue weighted by atomic mass is 10.1. The van der Waals surface area contributed by atoms with E-state index in [0.29, 0.717) is 43.3 Å². The maximum absolute atomic E-state index is 12.2. The lowest BCUT2D eigenvalue weighted by Crippen LogP contribution is -2.48. The lowest BCUT2D eigenvalue weighted by molar-refractivity contribution is -0.131. The van der Waals surface area contributed by atoms with E-state index in [9.17, 15) is 13.2 Å². The van der Waals surface area contributed by atoms with Crippen LogP contribution < -0.4 is 10.0 Å². The van der Waals surface area contributed by atoms with Crippen LogP contribution in [0.15, 0.2) is 21.7 Å². The third kappa shape index (κ3) is 6.30. The molecule has 138 valence electrons. The standard InChI is InChI=1S/C14H23N3O4S2.ClH/c1-21-9-6-15-11-13(18)17-7-4-12(5-8-17)16-23(19,20)14-3-2-10-22-14;/h2-3,10,12,15-16H,4-9,11H2,1H3;1H. The summed E-state index contributed by atoms with van der Waals surface area (Å²) in [6, 6.07) is 3.20. The van der Waals surface area contributed by atoms with Crippen LogP contribution in [0, 0.1) is 0 Å². The number of hydrogen-bond donors (Lipinski definition) is 2. The highest BCUT2D eigenvalue weighted by molar-refractivity contribution is 7.91. The second-order valence-electron chi connectivity index (χ2n) is 5.38. The maximum Gasteiger partial charge on any atom is 0.250 e. The monoisotopic (exact) mass is 397 g/mol. The van der Waals surface area contributed by atoms with Crippen molar-refractivity contribution in [3.63, 3.8) is 0 Å². The molecule has 1 aliphatic rings. The molecule has 0 aliphatic carbocycles. The molecule has 7 nitrogen and oxygen atoms in total. The first-order chi connectivity index (χ1) is 11.0. The second-order valence-corrected chi connectivity index (χ2v) is 8.27. The number of nitrogens with one attached hydrogen (secondary N) is 2. The molecule has 0 atom stereocenters. The molecule has 1 saturated heterocycles. The Morgan fingerprint density at radius 2 is 2.12 bits per heavy atom. The Hall–Kier alpha value is -0.710. The summed E-state index contributed by atoms with van der Waals surface area (Å²) in [7, 11) is -1.82. The van der Waals surface area contributed by atoms with Crippen molar-refractivity contribution in [2.24, 2.45) is 0 Å². The minimum absolute atomic E-state index is 0. The summed E-state index contributed by atoms with van der Waals surface area (Å²) in [5.41, 5.74) is 0. The van der Waals surface area contributed by atoms with Gasteiger partial charge in [-0.2, -0.15) is 0 Å². The summed E-state index contributed by atoms with van der Waals surface area (Å²) in [5, 5.41) is 4.77. The lowest BCUT2D eigenvalue weighted by Gasteiger charge is -2.32. The van der Waals surface area contributed by atoms with Gasteiger partial charge in [0.1, 0.15) is 4.21 Å². The second kappa shape index (κ2) is 10.3. The molecule has 0 spiro atoms. The fraction of sp³-hybridized carbons (Fsp3) is 0.643. The van der Waals surface area contributed by atoms with E-state index in [-0.39, 0.29) is 30.9 Å². The van der Waals surface area contributed by atoms with Gasteiger partial charge in [0.25, 0.3) is 0 Å². The SMILES string of the molecule is COCCNCC(=O)N1CCC(NS(=O)(=O)c2cccs2)CC1.Cl. The fourth-order valence-corrected chi connectivity index (χ4v) is 4.74. The van der Waals surface area contributed by atoms with Crippen molar-refractivity contribution < 1.29 is 17.9 Å². The summed E-state index contributed by atoms with van der Waals surface area (Å²) in [5.74, 6) is 0.0423. The molecule has 2 rings (SSSR count). The molecule has 0 radical (unpaired) electrons. The average molecular weight is 398 g/mol. The third-order valence-corrected chi connectivity index (χ3v) is 6.61. The van der Waals surface area contributed by atoms with Gasteiger partial charge in [0.2, 0.25) is 15.9 Å². The van der Waals surface area contributed by atoms with Gasteiger partial charge in [-0.1, -0.05) is 6.07 Å². The zero-order valence-corrected chi connectivity index (χ0v) is 16.0. The number of carbonyl (C=O) groups excluding carboxylic acids is 1. The molecule has 0 saturated carbocycles. The van der Waals surface area contributed by atoms with E-state index in [4.69, 9.17) is 4.74 Å². The summed E-state index contributed by atoms with van der Waals surface area (Å²) in [4.78, 5) is 13.8. The minimum atomic E-state index is -3.44. The smallest absolute Gasteiger partial charge is 0.250 e. The molecule has 0 aromatic carbocycles. The van der Waals surface area contributed by atoms with Crippen molar-refractivity contribution >= 4 is 39.7 Å². The largest absolute Gasteiger partial charge is 0.383 e. The Balaban J connectivity index is 0.00000288. The van der Waals surface area contributed by atoms with Crippen molar-refractivity contribution in [2.75, 3.05) is 39.9 Å². The van der Waals surface area contributed by atoms with Crippen molar-refractivity contribution in [2.45, 2.75) is 23.1 Å². The van der Waals surface area contributed by atoms with Crippen LogP contribution >= 0.6 is 23.7 Å². The quantitative estimate of drug-likeness (QED) is 0.630. The molecule has 24 heavy (non-hydrogen) atoms. The number of piperidine rings is 1. The normalized spacial score (nSPS) is 16.0. The van der Waals surface area contributed by atoms with Gasteiger partial charge >= 0.3 is 0 Å². The van der Waals surface area contributed by atoms with Crippen molar-refractivity contribution in [1.29, 1.82) is 0 Å². The first kappa shape index (κ1) is 21.3. The van der Waals surface area contributed by atoms with Gasteiger partial charge < -0.3 is 15.0 Å². The summed E-state index contributed by atoms with van der Waals surface area (Å²) >= 11 is 1.20. The van der Waals surface area contributed by atoms with Gasteiger partial charge in [0.15, 0.2) is 0 Å².